The van der Waals surface area contributed by atoms with E-state index in [1.807, 2.05) is 0 Å². The third-order valence-corrected chi connectivity index (χ3v) is 5.67. The van der Waals surface area contributed by atoms with Gasteiger partial charge in [-0.05, 0) is 45.3 Å². The summed E-state index contributed by atoms with van der Waals surface area (Å²) in [6.45, 7) is 5.08. The number of hydrogen-bond donors (Lipinski definition) is 2. The molecule has 0 radical (unpaired) electrons. The van der Waals surface area contributed by atoms with Crippen molar-refractivity contribution in [2.75, 3.05) is 12.8 Å². The quantitative estimate of drug-likeness (QED) is 0.839. The second-order valence-electron chi connectivity index (χ2n) is 6.29. The fourth-order valence-electron chi connectivity index (χ4n) is 3.02. The van der Waals surface area contributed by atoms with Crippen molar-refractivity contribution in [1.82, 2.24) is 10.6 Å². The van der Waals surface area contributed by atoms with Crippen LogP contribution in [0.15, 0.2) is 0 Å². The van der Waals surface area contributed by atoms with Crippen LogP contribution in [0.25, 0.3) is 0 Å². The molecule has 112 valence electrons. The zero-order valence-corrected chi connectivity index (χ0v) is 13.8. The first-order chi connectivity index (χ1) is 8.52. The SMILES string of the molecule is CSC(C)(C)CNC(=O)C1CC2CCCCC2N1.Cl. The first-order valence-electron chi connectivity index (χ1n) is 7.11. The molecule has 3 nitrogen and oxygen atoms in total. The molecule has 5 heteroatoms. The lowest BCUT2D eigenvalue weighted by Gasteiger charge is -2.24. The molecule has 3 unspecified atom stereocenters. The van der Waals surface area contributed by atoms with Gasteiger partial charge in [-0.25, -0.2) is 0 Å². The fraction of sp³-hybridized carbons (Fsp3) is 0.929. The van der Waals surface area contributed by atoms with Crippen molar-refractivity contribution >= 4 is 30.1 Å². The molecule has 3 atom stereocenters. The van der Waals surface area contributed by atoms with Crippen LogP contribution in [0, 0.1) is 5.92 Å². The van der Waals surface area contributed by atoms with Crippen molar-refractivity contribution in [2.45, 2.75) is 62.8 Å². The lowest BCUT2D eigenvalue weighted by Crippen LogP contribution is -2.46. The monoisotopic (exact) mass is 306 g/mol. The van der Waals surface area contributed by atoms with E-state index in [2.05, 4.69) is 30.7 Å². The lowest BCUT2D eigenvalue weighted by atomic mass is 9.85. The molecule has 2 N–H and O–H groups in total. The highest BCUT2D eigenvalue weighted by Gasteiger charge is 2.38. The van der Waals surface area contributed by atoms with Crippen molar-refractivity contribution in [1.29, 1.82) is 0 Å². The molecule has 0 aromatic carbocycles. The van der Waals surface area contributed by atoms with Gasteiger partial charge in [0.2, 0.25) is 5.91 Å². The summed E-state index contributed by atoms with van der Waals surface area (Å²) in [7, 11) is 0. The Morgan fingerprint density at radius 3 is 2.68 bits per heavy atom. The smallest absolute Gasteiger partial charge is 0.237 e. The summed E-state index contributed by atoms with van der Waals surface area (Å²) in [6.07, 6.45) is 8.35. The summed E-state index contributed by atoms with van der Waals surface area (Å²) < 4.78 is 0.126. The fourth-order valence-corrected chi connectivity index (χ4v) is 3.23. The lowest BCUT2D eigenvalue weighted by molar-refractivity contribution is -0.123. The Bertz CT molecular complexity index is 298. The van der Waals surface area contributed by atoms with Crippen molar-refractivity contribution in [3.8, 4) is 0 Å². The molecule has 1 saturated heterocycles. The van der Waals surface area contributed by atoms with E-state index in [1.165, 1.54) is 25.7 Å². The van der Waals surface area contributed by atoms with Crippen LogP contribution in [-0.2, 0) is 4.79 Å². The number of nitrogens with one attached hydrogen (secondary N) is 2. The van der Waals surface area contributed by atoms with Gasteiger partial charge in [0.15, 0.2) is 0 Å². The second-order valence-corrected chi connectivity index (χ2v) is 7.80. The van der Waals surface area contributed by atoms with Gasteiger partial charge < -0.3 is 10.6 Å². The van der Waals surface area contributed by atoms with E-state index >= 15 is 0 Å². The molecule has 0 spiro atoms. The van der Waals surface area contributed by atoms with Crippen LogP contribution >= 0.6 is 24.2 Å². The highest BCUT2D eigenvalue weighted by Crippen LogP contribution is 2.33. The maximum Gasteiger partial charge on any atom is 0.237 e. The van der Waals surface area contributed by atoms with Gasteiger partial charge in [-0.2, -0.15) is 11.8 Å². The molecule has 1 amide bonds. The van der Waals surface area contributed by atoms with Crippen LogP contribution in [0.5, 0.6) is 0 Å². The number of hydrogen-bond acceptors (Lipinski definition) is 3. The van der Waals surface area contributed by atoms with Crippen molar-refractivity contribution in [2.24, 2.45) is 5.92 Å². The van der Waals surface area contributed by atoms with E-state index in [-0.39, 0.29) is 29.1 Å². The number of amides is 1. The molecule has 19 heavy (non-hydrogen) atoms. The minimum absolute atomic E-state index is 0. The summed E-state index contributed by atoms with van der Waals surface area (Å²) >= 11 is 1.80. The minimum Gasteiger partial charge on any atom is -0.353 e. The first kappa shape index (κ1) is 17.1. The molecule has 2 rings (SSSR count). The Morgan fingerprint density at radius 2 is 2.05 bits per heavy atom. The number of thioether (sulfide) groups is 1. The molecule has 1 saturated carbocycles. The van der Waals surface area contributed by atoms with Gasteiger partial charge in [0.25, 0.3) is 0 Å². The van der Waals surface area contributed by atoms with Gasteiger partial charge in [0.05, 0.1) is 6.04 Å². The summed E-state index contributed by atoms with van der Waals surface area (Å²) in [5, 5.41) is 6.63. The van der Waals surface area contributed by atoms with E-state index in [0.717, 1.165) is 18.9 Å². The molecular formula is C14H27ClN2OS. The van der Waals surface area contributed by atoms with Gasteiger partial charge in [-0.3, -0.25) is 4.79 Å². The summed E-state index contributed by atoms with van der Waals surface area (Å²) in [5.74, 6) is 0.939. The van der Waals surface area contributed by atoms with Gasteiger partial charge in [-0.15, -0.1) is 12.4 Å². The molecule has 0 aromatic rings. The van der Waals surface area contributed by atoms with E-state index in [9.17, 15) is 4.79 Å². The largest absolute Gasteiger partial charge is 0.353 e. The average Bonchev–Trinajstić information content (AvgIpc) is 2.80. The molecule has 1 aliphatic carbocycles. The topological polar surface area (TPSA) is 41.1 Å². The zero-order chi connectivity index (χ0) is 13.2. The Hall–Kier alpha value is 0.0700. The predicted octanol–water partition coefficient (Wildman–Crippen LogP) is 2.59. The average molecular weight is 307 g/mol. The van der Waals surface area contributed by atoms with Crippen LogP contribution in [-0.4, -0.2) is 35.5 Å². The molecular weight excluding hydrogens is 280 g/mol. The third kappa shape index (κ3) is 4.54. The predicted molar refractivity (Wildman–Crippen MR) is 85.1 cm³/mol. The molecule has 2 fully saturated rings. The number of rotatable bonds is 4. The molecule has 2 aliphatic rings. The maximum absolute atomic E-state index is 12.2. The second kappa shape index (κ2) is 7.19. The zero-order valence-electron chi connectivity index (χ0n) is 12.2. The summed E-state index contributed by atoms with van der Waals surface area (Å²) in [4.78, 5) is 12.2. The number of carbonyl (C=O) groups is 1. The molecule has 0 aromatic heterocycles. The standard InChI is InChI=1S/C14H26N2OS.ClH/c1-14(2,18-3)9-15-13(17)12-8-10-6-4-5-7-11(10)16-12;/h10-12,16H,4-9H2,1-3H3,(H,15,17);1H. The Kier molecular flexibility index (Phi) is 6.48. The van der Waals surface area contributed by atoms with E-state index in [4.69, 9.17) is 0 Å². The first-order valence-corrected chi connectivity index (χ1v) is 8.33. The summed E-state index contributed by atoms with van der Waals surface area (Å²) in [5.41, 5.74) is 0. The Balaban J connectivity index is 0.00000180. The van der Waals surface area contributed by atoms with E-state index in [1.54, 1.807) is 11.8 Å². The van der Waals surface area contributed by atoms with Crippen molar-refractivity contribution < 1.29 is 4.79 Å². The van der Waals surface area contributed by atoms with Gasteiger partial charge in [0, 0.05) is 17.3 Å². The Morgan fingerprint density at radius 1 is 1.37 bits per heavy atom. The van der Waals surface area contributed by atoms with Crippen molar-refractivity contribution in [3.63, 3.8) is 0 Å². The van der Waals surface area contributed by atoms with Crippen LogP contribution < -0.4 is 10.6 Å². The van der Waals surface area contributed by atoms with Crippen molar-refractivity contribution in [3.05, 3.63) is 0 Å². The van der Waals surface area contributed by atoms with Crippen LogP contribution in [0.3, 0.4) is 0 Å². The van der Waals surface area contributed by atoms with Gasteiger partial charge in [0.1, 0.15) is 0 Å². The third-order valence-electron chi connectivity index (χ3n) is 4.42. The Labute approximate surface area is 127 Å². The molecule has 1 aliphatic heterocycles. The molecule has 0 bridgehead atoms. The van der Waals surface area contributed by atoms with Crippen LogP contribution in [0.2, 0.25) is 0 Å². The summed E-state index contributed by atoms with van der Waals surface area (Å²) in [6, 6.07) is 0.652. The van der Waals surface area contributed by atoms with Crippen LogP contribution in [0.4, 0.5) is 0 Å². The molecule has 1 heterocycles. The highest BCUT2D eigenvalue weighted by atomic mass is 35.5. The highest BCUT2D eigenvalue weighted by molar-refractivity contribution is 7.99. The normalized spacial score (nSPS) is 30.4. The number of carbonyl (C=O) groups excluding carboxylic acids is 1. The number of fused-ring (bicyclic) bond motifs is 1. The van der Waals surface area contributed by atoms with E-state index < -0.39 is 0 Å². The number of halogens is 1. The van der Waals surface area contributed by atoms with Gasteiger partial charge >= 0.3 is 0 Å². The maximum atomic E-state index is 12.2. The van der Waals surface area contributed by atoms with Gasteiger partial charge in [-0.1, -0.05) is 12.8 Å². The minimum atomic E-state index is 0. The van der Waals surface area contributed by atoms with E-state index in [0.29, 0.717) is 6.04 Å². The van der Waals surface area contributed by atoms with Crippen LogP contribution in [0.1, 0.15) is 46.0 Å².